The molecule has 144 valence electrons. The zero-order chi connectivity index (χ0) is 18.6. The Morgan fingerprint density at radius 2 is 1.93 bits per heavy atom. The maximum atomic E-state index is 12.8. The summed E-state index contributed by atoms with van der Waals surface area (Å²) in [6.45, 7) is 6.98. The molecule has 0 unspecified atom stereocenters. The van der Waals surface area contributed by atoms with E-state index in [4.69, 9.17) is 0 Å². The first-order chi connectivity index (χ1) is 13.2. The molecular formula is C22H30N4O. The van der Waals surface area contributed by atoms with Gasteiger partial charge in [-0.1, -0.05) is 37.3 Å². The number of carbonyl (C=O) groups is 1. The van der Waals surface area contributed by atoms with Crippen LogP contribution >= 0.6 is 0 Å². The Labute approximate surface area is 161 Å². The molecule has 0 saturated carbocycles. The van der Waals surface area contributed by atoms with Crippen molar-refractivity contribution in [3.8, 4) is 0 Å². The van der Waals surface area contributed by atoms with Crippen molar-refractivity contribution in [3.63, 3.8) is 0 Å². The van der Waals surface area contributed by atoms with Crippen LogP contribution in [-0.4, -0.2) is 58.6 Å². The third-order valence-electron chi connectivity index (χ3n) is 6.18. The van der Waals surface area contributed by atoms with Crippen LogP contribution in [0.1, 0.15) is 49.1 Å². The Balaban J connectivity index is 1.30. The molecule has 5 heteroatoms. The zero-order valence-electron chi connectivity index (χ0n) is 16.2. The molecule has 2 aromatic rings. The molecule has 0 radical (unpaired) electrons. The van der Waals surface area contributed by atoms with Gasteiger partial charge in [0.1, 0.15) is 0 Å². The van der Waals surface area contributed by atoms with Crippen molar-refractivity contribution < 1.29 is 4.79 Å². The van der Waals surface area contributed by atoms with E-state index in [1.807, 2.05) is 6.07 Å². The largest absolute Gasteiger partial charge is 0.342 e. The molecule has 0 aliphatic carbocycles. The molecule has 1 amide bonds. The van der Waals surface area contributed by atoms with E-state index in [1.165, 1.54) is 11.3 Å². The minimum atomic E-state index is 0.212. The minimum absolute atomic E-state index is 0.212. The Morgan fingerprint density at radius 1 is 1.15 bits per heavy atom. The second-order valence-corrected chi connectivity index (χ2v) is 7.96. The monoisotopic (exact) mass is 366 g/mol. The minimum Gasteiger partial charge on any atom is -0.342 e. The van der Waals surface area contributed by atoms with Crippen LogP contribution in [0.3, 0.4) is 0 Å². The average Bonchev–Trinajstić information content (AvgIpc) is 3.38. The number of carbonyl (C=O) groups excluding carboxylic acids is 1. The Kier molecular flexibility index (Phi) is 5.58. The summed E-state index contributed by atoms with van der Waals surface area (Å²) in [5, 5.41) is 7.77. The van der Waals surface area contributed by atoms with Crippen LogP contribution in [0.15, 0.2) is 36.4 Å². The molecule has 2 aliphatic heterocycles. The second-order valence-electron chi connectivity index (χ2n) is 7.96. The summed E-state index contributed by atoms with van der Waals surface area (Å²) in [7, 11) is 0. The van der Waals surface area contributed by atoms with Gasteiger partial charge >= 0.3 is 0 Å². The molecule has 0 spiro atoms. The van der Waals surface area contributed by atoms with Gasteiger partial charge in [-0.05, 0) is 44.0 Å². The molecule has 2 aliphatic rings. The molecule has 5 nitrogen and oxygen atoms in total. The van der Waals surface area contributed by atoms with E-state index >= 15 is 0 Å². The molecule has 1 aromatic heterocycles. The Hall–Kier alpha value is -2.14. The standard InChI is InChI=1S/C22H30N4O/c1-2-25-11-8-19(16-25)22(27)26-12-9-18(10-13-26)21-15-20(23-24-21)14-17-6-4-3-5-7-17/h3-7,15,18-19H,2,8-14,16H2,1H3,(H,23,24)/t19-/m0/s1. The van der Waals surface area contributed by atoms with E-state index in [2.05, 4.69) is 57.3 Å². The Morgan fingerprint density at radius 3 is 2.63 bits per heavy atom. The maximum Gasteiger partial charge on any atom is 0.227 e. The number of hydrogen-bond acceptors (Lipinski definition) is 3. The van der Waals surface area contributed by atoms with Gasteiger partial charge in [0.15, 0.2) is 0 Å². The zero-order valence-corrected chi connectivity index (χ0v) is 16.2. The van der Waals surface area contributed by atoms with Crippen molar-refractivity contribution in [3.05, 3.63) is 53.3 Å². The van der Waals surface area contributed by atoms with E-state index < -0.39 is 0 Å². The number of amides is 1. The lowest BCUT2D eigenvalue weighted by atomic mass is 9.92. The molecule has 27 heavy (non-hydrogen) atoms. The maximum absolute atomic E-state index is 12.8. The lowest BCUT2D eigenvalue weighted by molar-refractivity contribution is -0.136. The number of H-pyrrole nitrogens is 1. The molecule has 1 N–H and O–H groups in total. The van der Waals surface area contributed by atoms with Crippen LogP contribution in [0, 0.1) is 5.92 Å². The highest BCUT2D eigenvalue weighted by molar-refractivity contribution is 5.79. The predicted octanol–water partition coefficient (Wildman–Crippen LogP) is 3.05. The van der Waals surface area contributed by atoms with Gasteiger partial charge in [-0.2, -0.15) is 5.10 Å². The van der Waals surface area contributed by atoms with Gasteiger partial charge in [0, 0.05) is 37.7 Å². The SMILES string of the molecule is CCN1CC[C@H](C(=O)N2CCC(c3cc(Cc4ccccc4)[nH]n3)CC2)C1. The van der Waals surface area contributed by atoms with Gasteiger partial charge in [0.25, 0.3) is 0 Å². The summed E-state index contributed by atoms with van der Waals surface area (Å²) in [4.78, 5) is 17.3. The van der Waals surface area contributed by atoms with Gasteiger partial charge in [0.05, 0.1) is 11.6 Å². The molecule has 1 aromatic carbocycles. The molecule has 1 atom stereocenters. The van der Waals surface area contributed by atoms with Crippen LogP contribution in [0.25, 0.3) is 0 Å². The fraction of sp³-hybridized carbons (Fsp3) is 0.545. The fourth-order valence-electron chi connectivity index (χ4n) is 4.47. The number of benzene rings is 1. The molecular weight excluding hydrogens is 336 g/mol. The highest BCUT2D eigenvalue weighted by Gasteiger charge is 2.33. The molecule has 2 saturated heterocycles. The smallest absolute Gasteiger partial charge is 0.227 e. The predicted molar refractivity (Wildman–Crippen MR) is 107 cm³/mol. The topological polar surface area (TPSA) is 52.2 Å². The van der Waals surface area contributed by atoms with Crippen molar-refractivity contribution in [2.24, 2.45) is 5.92 Å². The van der Waals surface area contributed by atoms with E-state index in [0.29, 0.717) is 11.8 Å². The number of likely N-dealkylation sites (tertiary alicyclic amines) is 2. The van der Waals surface area contributed by atoms with Crippen LogP contribution in [0.5, 0.6) is 0 Å². The molecule has 2 fully saturated rings. The van der Waals surface area contributed by atoms with Crippen LogP contribution in [0.4, 0.5) is 0 Å². The summed E-state index contributed by atoms with van der Waals surface area (Å²) in [5.74, 6) is 1.05. The van der Waals surface area contributed by atoms with E-state index in [-0.39, 0.29) is 5.92 Å². The van der Waals surface area contributed by atoms with Crippen molar-refractivity contribution >= 4 is 5.91 Å². The van der Waals surface area contributed by atoms with Crippen molar-refractivity contribution in [1.29, 1.82) is 0 Å². The lowest BCUT2D eigenvalue weighted by Crippen LogP contribution is -2.42. The van der Waals surface area contributed by atoms with E-state index in [9.17, 15) is 4.79 Å². The van der Waals surface area contributed by atoms with Gasteiger partial charge in [-0.3, -0.25) is 9.89 Å². The fourth-order valence-corrected chi connectivity index (χ4v) is 4.47. The number of aromatic nitrogens is 2. The number of aromatic amines is 1. The van der Waals surface area contributed by atoms with Gasteiger partial charge in [-0.15, -0.1) is 0 Å². The van der Waals surface area contributed by atoms with Crippen LogP contribution in [-0.2, 0) is 11.2 Å². The summed E-state index contributed by atoms with van der Waals surface area (Å²) in [5.41, 5.74) is 3.62. The third-order valence-corrected chi connectivity index (χ3v) is 6.18. The van der Waals surface area contributed by atoms with E-state index in [1.54, 1.807) is 0 Å². The third kappa shape index (κ3) is 4.24. The number of nitrogens with zero attached hydrogens (tertiary/aromatic N) is 3. The summed E-state index contributed by atoms with van der Waals surface area (Å²) < 4.78 is 0. The van der Waals surface area contributed by atoms with Crippen LogP contribution in [0.2, 0.25) is 0 Å². The lowest BCUT2D eigenvalue weighted by Gasteiger charge is -2.33. The van der Waals surface area contributed by atoms with Gasteiger partial charge < -0.3 is 9.80 Å². The van der Waals surface area contributed by atoms with Crippen molar-refractivity contribution in [2.75, 3.05) is 32.7 Å². The van der Waals surface area contributed by atoms with Crippen molar-refractivity contribution in [2.45, 2.75) is 38.5 Å². The normalized spacial score (nSPS) is 21.7. The van der Waals surface area contributed by atoms with E-state index in [0.717, 1.165) is 64.1 Å². The van der Waals surface area contributed by atoms with Gasteiger partial charge in [0.2, 0.25) is 5.91 Å². The number of nitrogens with one attached hydrogen (secondary N) is 1. The average molecular weight is 367 g/mol. The number of rotatable bonds is 5. The summed E-state index contributed by atoms with van der Waals surface area (Å²) in [6.07, 6.45) is 3.95. The first-order valence-corrected chi connectivity index (χ1v) is 10.3. The Bertz CT molecular complexity index is 749. The number of hydrogen-bond donors (Lipinski definition) is 1. The van der Waals surface area contributed by atoms with Crippen LogP contribution < -0.4 is 0 Å². The quantitative estimate of drug-likeness (QED) is 0.885. The molecule has 4 rings (SSSR count). The first kappa shape index (κ1) is 18.2. The number of piperidine rings is 1. The highest BCUT2D eigenvalue weighted by Crippen LogP contribution is 2.29. The summed E-state index contributed by atoms with van der Waals surface area (Å²) >= 11 is 0. The second kappa shape index (κ2) is 8.26. The van der Waals surface area contributed by atoms with Gasteiger partial charge in [-0.25, -0.2) is 0 Å². The van der Waals surface area contributed by atoms with Crippen molar-refractivity contribution in [1.82, 2.24) is 20.0 Å². The highest BCUT2D eigenvalue weighted by atomic mass is 16.2. The summed E-state index contributed by atoms with van der Waals surface area (Å²) in [6, 6.07) is 12.7. The first-order valence-electron chi connectivity index (χ1n) is 10.3. The molecule has 0 bridgehead atoms. The molecule has 3 heterocycles.